The molecule has 0 aliphatic heterocycles. The third kappa shape index (κ3) is 3.86. The van der Waals surface area contributed by atoms with Crippen LogP contribution in [-0.4, -0.2) is 22.8 Å². The number of allylic oxidation sites excluding steroid dienone is 1. The number of aliphatic hydroxyl groups is 1. The van der Waals surface area contributed by atoms with Crippen molar-refractivity contribution in [3.63, 3.8) is 0 Å². The van der Waals surface area contributed by atoms with E-state index in [0.29, 0.717) is 5.92 Å². The normalized spacial score (nSPS) is 34.0. The van der Waals surface area contributed by atoms with Crippen LogP contribution in [0.15, 0.2) is 23.8 Å². The summed E-state index contributed by atoms with van der Waals surface area (Å²) in [6, 6.07) is 0. The molecule has 0 radical (unpaired) electrons. The van der Waals surface area contributed by atoms with E-state index in [0.717, 1.165) is 38.5 Å². The van der Waals surface area contributed by atoms with E-state index < -0.39 is 5.60 Å². The number of ether oxygens (including phenoxy) is 1. The van der Waals surface area contributed by atoms with Crippen LogP contribution in [0.5, 0.6) is 0 Å². The van der Waals surface area contributed by atoms with Crippen molar-refractivity contribution < 1.29 is 14.6 Å². The zero-order valence-electron chi connectivity index (χ0n) is 16.9. The van der Waals surface area contributed by atoms with Gasteiger partial charge in [-0.25, -0.2) is 0 Å². The van der Waals surface area contributed by atoms with E-state index >= 15 is 0 Å². The number of carbonyl (C=O) groups excluding carboxylic acids is 1. The van der Waals surface area contributed by atoms with Gasteiger partial charge in [-0.05, 0) is 56.8 Å². The minimum absolute atomic E-state index is 0.0299. The minimum atomic E-state index is -0.814. The van der Waals surface area contributed by atoms with Crippen LogP contribution in [0, 0.1) is 16.7 Å². The van der Waals surface area contributed by atoms with Crippen LogP contribution in [0.25, 0.3) is 0 Å². The van der Waals surface area contributed by atoms with Gasteiger partial charge in [0.15, 0.2) is 0 Å². The summed E-state index contributed by atoms with van der Waals surface area (Å²) < 4.78 is 5.66. The largest absolute Gasteiger partial charge is 0.462 e. The highest BCUT2D eigenvalue weighted by Gasteiger charge is 2.48. The second kappa shape index (κ2) is 6.90. The van der Waals surface area contributed by atoms with Gasteiger partial charge in [0.1, 0.15) is 6.10 Å². The Kier molecular flexibility index (Phi) is 5.59. The van der Waals surface area contributed by atoms with Gasteiger partial charge in [-0.1, -0.05) is 44.9 Å². The van der Waals surface area contributed by atoms with Gasteiger partial charge in [0.2, 0.25) is 0 Å². The first kappa shape index (κ1) is 20.2. The third-order valence-corrected chi connectivity index (χ3v) is 7.11. The van der Waals surface area contributed by atoms with Crippen molar-refractivity contribution in [2.45, 2.75) is 91.8 Å². The summed E-state index contributed by atoms with van der Waals surface area (Å²) in [5.41, 5.74) is 2.22. The first-order valence-corrected chi connectivity index (χ1v) is 9.70. The fraction of sp³-hybridized carbons (Fsp3) is 0.773. The minimum Gasteiger partial charge on any atom is -0.462 e. The van der Waals surface area contributed by atoms with Gasteiger partial charge in [-0.3, -0.25) is 4.79 Å². The van der Waals surface area contributed by atoms with Crippen molar-refractivity contribution in [1.82, 2.24) is 0 Å². The number of rotatable bonds is 5. The molecule has 0 saturated carbocycles. The summed E-state index contributed by atoms with van der Waals surface area (Å²) in [6.07, 6.45) is 7.44. The number of carbonyl (C=O) groups is 1. The lowest BCUT2D eigenvalue weighted by Gasteiger charge is -2.52. The van der Waals surface area contributed by atoms with Gasteiger partial charge in [0.05, 0.1) is 5.60 Å². The Morgan fingerprint density at radius 3 is 2.48 bits per heavy atom. The maximum atomic E-state index is 11.5. The van der Waals surface area contributed by atoms with Gasteiger partial charge in [-0.2, -0.15) is 0 Å². The molecule has 0 aromatic heterocycles. The molecule has 0 bridgehead atoms. The van der Waals surface area contributed by atoms with Gasteiger partial charge >= 0.3 is 5.97 Å². The second-order valence-electron chi connectivity index (χ2n) is 9.23. The average molecular weight is 349 g/mol. The molecule has 2 aliphatic rings. The summed E-state index contributed by atoms with van der Waals surface area (Å²) in [4.78, 5) is 11.5. The molecule has 2 rings (SSSR count). The van der Waals surface area contributed by atoms with Crippen molar-refractivity contribution in [3.8, 4) is 0 Å². The SMILES string of the molecule is C=CC(C)(O)CCC1(C)C2=C(CCC1C)C(C)(C)C(OC(C)=O)CC2. The molecular formula is C22H36O3. The highest BCUT2D eigenvalue weighted by atomic mass is 16.5. The maximum absolute atomic E-state index is 11.5. The molecule has 0 heterocycles. The van der Waals surface area contributed by atoms with Crippen LogP contribution < -0.4 is 0 Å². The zero-order chi connectivity index (χ0) is 19.0. The summed E-state index contributed by atoms with van der Waals surface area (Å²) in [5.74, 6) is 0.407. The van der Waals surface area contributed by atoms with Gasteiger partial charge < -0.3 is 9.84 Å². The van der Waals surface area contributed by atoms with Gasteiger partial charge in [0.25, 0.3) is 0 Å². The predicted octanol–water partition coefficient (Wildman–Crippen LogP) is 5.19. The van der Waals surface area contributed by atoms with Crippen LogP contribution >= 0.6 is 0 Å². The maximum Gasteiger partial charge on any atom is 0.302 e. The fourth-order valence-corrected chi connectivity index (χ4v) is 4.87. The van der Waals surface area contributed by atoms with Crippen LogP contribution in [-0.2, 0) is 9.53 Å². The lowest BCUT2D eigenvalue weighted by molar-refractivity contribution is -0.152. The van der Waals surface area contributed by atoms with E-state index in [4.69, 9.17) is 4.74 Å². The van der Waals surface area contributed by atoms with Gasteiger partial charge in [-0.15, -0.1) is 6.58 Å². The molecule has 25 heavy (non-hydrogen) atoms. The highest BCUT2D eigenvalue weighted by Crippen LogP contribution is 2.57. The zero-order valence-corrected chi connectivity index (χ0v) is 16.9. The van der Waals surface area contributed by atoms with Crippen LogP contribution in [0.4, 0.5) is 0 Å². The smallest absolute Gasteiger partial charge is 0.302 e. The number of hydrogen-bond acceptors (Lipinski definition) is 3. The molecule has 0 aromatic rings. The Morgan fingerprint density at radius 2 is 1.92 bits per heavy atom. The Balaban J connectivity index is 2.36. The number of hydrogen-bond donors (Lipinski definition) is 1. The van der Waals surface area contributed by atoms with Crippen LogP contribution in [0.2, 0.25) is 0 Å². The van der Waals surface area contributed by atoms with Crippen molar-refractivity contribution in [2.75, 3.05) is 0 Å². The average Bonchev–Trinajstić information content (AvgIpc) is 2.51. The molecule has 4 atom stereocenters. The molecule has 2 aliphatic carbocycles. The summed E-state index contributed by atoms with van der Waals surface area (Å²) in [5, 5.41) is 10.4. The van der Waals surface area contributed by atoms with E-state index in [2.05, 4.69) is 34.3 Å². The lowest BCUT2D eigenvalue weighted by Crippen LogP contribution is -2.45. The quantitative estimate of drug-likeness (QED) is 0.549. The molecule has 0 aromatic carbocycles. The summed E-state index contributed by atoms with van der Waals surface area (Å²) in [6.45, 7) is 16.3. The Morgan fingerprint density at radius 1 is 1.32 bits per heavy atom. The first-order valence-electron chi connectivity index (χ1n) is 9.70. The highest BCUT2D eigenvalue weighted by molar-refractivity contribution is 5.66. The fourth-order valence-electron chi connectivity index (χ4n) is 4.87. The standard InChI is InChI=1S/C22H36O3/c1-8-21(6,24)13-14-22(7)15(2)9-10-17-18(22)11-12-19(20(17,4)5)25-16(3)23/h8,15,19,24H,1,9-14H2,2-7H3. The molecule has 0 spiro atoms. The van der Waals surface area contributed by atoms with E-state index in [-0.39, 0.29) is 22.9 Å². The molecular weight excluding hydrogens is 312 g/mol. The van der Waals surface area contributed by atoms with Crippen molar-refractivity contribution in [2.24, 2.45) is 16.7 Å². The molecule has 1 N–H and O–H groups in total. The monoisotopic (exact) mass is 348 g/mol. The molecule has 0 amide bonds. The van der Waals surface area contributed by atoms with Crippen LogP contribution in [0.3, 0.4) is 0 Å². The topological polar surface area (TPSA) is 46.5 Å². The Labute approximate surface area is 153 Å². The first-order chi connectivity index (χ1) is 11.4. The molecule has 0 saturated heterocycles. The van der Waals surface area contributed by atoms with E-state index in [1.807, 2.05) is 6.92 Å². The van der Waals surface area contributed by atoms with E-state index in [9.17, 15) is 9.90 Å². The van der Waals surface area contributed by atoms with E-state index in [1.54, 1.807) is 11.6 Å². The van der Waals surface area contributed by atoms with Crippen molar-refractivity contribution in [3.05, 3.63) is 23.8 Å². The van der Waals surface area contributed by atoms with Crippen molar-refractivity contribution >= 4 is 5.97 Å². The predicted molar refractivity (Wildman–Crippen MR) is 102 cm³/mol. The number of esters is 1. The third-order valence-electron chi connectivity index (χ3n) is 7.11. The molecule has 142 valence electrons. The molecule has 3 nitrogen and oxygen atoms in total. The lowest BCUT2D eigenvalue weighted by atomic mass is 9.54. The van der Waals surface area contributed by atoms with Gasteiger partial charge in [0, 0.05) is 12.3 Å². The second-order valence-corrected chi connectivity index (χ2v) is 9.23. The molecule has 0 fully saturated rings. The van der Waals surface area contributed by atoms with Crippen LogP contribution in [0.1, 0.15) is 80.1 Å². The Hall–Kier alpha value is -1.09. The molecule has 3 heteroatoms. The van der Waals surface area contributed by atoms with Crippen molar-refractivity contribution in [1.29, 1.82) is 0 Å². The molecule has 4 unspecified atom stereocenters. The summed E-state index contributed by atoms with van der Waals surface area (Å²) >= 11 is 0. The van der Waals surface area contributed by atoms with E-state index in [1.165, 1.54) is 12.5 Å². The Bertz CT molecular complexity index is 570. The summed E-state index contributed by atoms with van der Waals surface area (Å²) in [7, 11) is 0.